The molecule has 0 aliphatic heterocycles. The molecular weight excluding hydrogens is 325 g/mol. The summed E-state index contributed by atoms with van der Waals surface area (Å²) in [5, 5.41) is 0. The average Bonchev–Trinajstić information content (AvgIpc) is 2.24. The second-order valence-corrected chi connectivity index (χ2v) is 4.12. The molecule has 1 heterocycles. The summed E-state index contributed by atoms with van der Waals surface area (Å²) in [6.45, 7) is 0. The quantitative estimate of drug-likeness (QED) is 0.626. The molecular formula is C10H5BrF5NO. The molecule has 0 atom stereocenters. The highest BCUT2D eigenvalue weighted by Crippen LogP contribution is 2.36. The summed E-state index contributed by atoms with van der Waals surface area (Å²) in [4.78, 5) is 14.4. The van der Waals surface area contributed by atoms with Crippen LogP contribution in [0.5, 0.6) is 0 Å². The summed E-state index contributed by atoms with van der Waals surface area (Å²) in [5.74, 6) is -7.71. The Hall–Kier alpha value is -1.31. The normalized spacial score (nSPS) is 13.0. The molecule has 0 bridgehead atoms. The van der Waals surface area contributed by atoms with Crippen LogP contribution in [0.3, 0.4) is 0 Å². The van der Waals surface area contributed by atoms with Crippen LogP contribution in [0.25, 0.3) is 6.08 Å². The van der Waals surface area contributed by atoms with Crippen molar-refractivity contribution in [1.82, 2.24) is 4.98 Å². The monoisotopic (exact) mass is 329 g/mol. The fourth-order valence-corrected chi connectivity index (χ4v) is 1.32. The highest BCUT2D eigenvalue weighted by molar-refractivity contribution is 9.10. The summed E-state index contributed by atoms with van der Waals surface area (Å²) in [7, 11) is 0. The van der Waals surface area contributed by atoms with Crippen LogP contribution in [0, 0.1) is 0 Å². The molecule has 0 aliphatic rings. The molecule has 0 unspecified atom stereocenters. The Labute approximate surface area is 107 Å². The Morgan fingerprint density at radius 3 is 2.33 bits per heavy atom. The number of carbonyl (C=O) groups excluding carboxylic acids is 1. The van der Waals surface area contributed by atoms with E-state index in [1.54, 1.807) is 0 Å². The fraction of sp³-hybridized carbons (Fsp3) is 0.200. The minimum absolute atomic E-state index is 0.178. The van der Waals surface area contributed by atoms with Gasteiger partial charge < -0.3 is 0 Å². The predicted octanol–water partition coefficient (Wildman–Crippen LogP) is 3.62. The van der Waals surface area contributed by atoms with E-state index >= 15 is 0 Å². The van der Waals surface area contributed by atoms with E-state index in [2.05, 4.69) is 20.9 Å². The van der Waals surface area contributed by atoms with Crippen molar-refractivity contribution in [2.75, 3.05) is 0 Å². The van der Waals surface area contributed by atoms with Crippen LogP contribution in [0.2, 0.25) is 0 Å². The van der Waals surface area contributed by atoms with E-state index in [-0.39, 0.29) is 11.6 Å². The number of ketones is 1. The number of halogens is 6. The van der Waals surface area contributed by atoms with Gasteiger partial charge in [0.25, 0.3) is 0 Å². The predicted molar refractivity (Wildman–Crippen MR) is 57.0 cm³/mol. The number of alkyl halides is 5. The molecule has 0 aromatic carbocycles. The summed E-state index contributed by atoms with van der Waals surface area (Å²) in [6.07, 6.45) is -2.29. The molecule has 0 aliphatic carbocycles. The van der Waals surface area contributed by atoms with Gasteiger partial charge in [0.05, 0.1) is 0 Å². The van der Waals surface area contributed by atoms with E-state index in [0.717, 1.165) is 6.08 Å². The lowest BCUT2D eigenvalue weighted by Crippen LogP contribution is -2.43. The first-order valence-corrected chi connectivity index (χ1v) is 5.21. The molecule has 0 saturated heterocycles. The van der Waals surface area contributed by atoms with Crippen LogP contribution in [0.1, 0.15) is 5.56 Å². The average molecular weight is 330 g/mol. The molecule has 1 aromatic heterocycles. The van der Waals surface area contributed by atoms with Crippen molar-refractivity contribution in [3.8, 4) is 0 Å². The molecule has 0 fully saturated rings. The highest BCUT2D eigenvalue weighted by atomic mass is 79.9. The Balaban J connectivity index is 2.89. The molecule has 0 radical (unpaired) electrons. The zero-order valence-electron chi connectivity index (χ0n) is 8.51. The Morgan fingerprint density at radius 1 is 1.22 bits per heavy atom. The van der Waals surface area contributed by atoms with Crippen molar-refractivity contribution >= 4 is 27.8 Å². The summed E-state index contributed by atoms with van der Waals surface area (Å²) in [6, 6.07) is 1.41. The number of aromatic nitrogens is 1. The molecule has 1 rings (SSSR count). The molecule has 0 saturated carbocycles. The van der Waals surface area contributed by atoms with E-state index < -0.39 is 17.9 Å². The van der Waals surface area contributed by atoms with Gasteiger partial charge in [0.1, 0.15) is 0 Å². The van der Waals surface area contributed by atoms with Gasteiger partial charge in [-0.25, -0.2) is 0 Å². The van der Waals surface area contributed by atoms with Gasteiger partial charge in [-0.15, -0.1) is 0 Å². The third-order valence-corrected chi connectivity index (χ3v) is 2.25. The van der Waals surface area contributed by atoms with Crippen molar-refractivity contribution in [3.63, 3.8) is 0 Å². The Morgan fingerprint density at radius 2 is 1.83 bits per heavy atom. The lowest BCUT2D eigenvalue weighted by Gasteiger charge is -2.15. The van der Waals surface area contributed by atoms with Crippen molar-refractivity contribution < 1.29 is 26.7 Å². The van der Waals surface area contributed by atoms with Crippen molar-refractivity contribution in [1.29, 1.82) is 0 Å². The zero-order chi connectivity index (χ0) is 14.0. The van der Waals surface area contributed by atoms with Gasteiger partial charge in [-0.05, 0) is 39.7 Å². The first-order chi connectivity index (χ1) is 8.14. The molecule has 8 heteroatoms. The number of hydrogen-bond donors (Lipinski definition) is 0. The van der Waals surface area contributed by atoms with E-state index in [9.17, 15) is 26.7 Å². The smallest absolute Gasteiger partial charge is 0.288 e. The van der Waals surface area contributed by atoms with Crippen molar-refractivity contribution in [2.45, 2.75) is 12.1 Å². The molecule has 2 nitrogen and oxygen atoms in total. The van der Waals surface area contributed by atoms with Crippen molar-refractivity contribution in [2.24, 2.45) is 0 Å². The van der Waals surface area contributed by atoms with Gasteiger partial charge in [-0.3, -0.25) is 9.78 Å². The van der Waals surface area contributed by atoms with E-state index in [1.165, 1.54) is 18.5 Å². The van der Waals surface area contributed by atoms with E-state index in [0.29, 0.717) is 4.47 Å². The number of hydrogen-bond acceptors (Lipinski definition) is 2. The minimum atomic E-state index is -5.90. The minimum Gasteiger partial charge on any atom is -0.288 e. The third-order valence-electron chi connectivity index (χ3n) is 1.82. The SMILES string of the molecule is O=C(/C=C/c1cncc(Br)c1)C(F)(F)C(F)(F)F. The zero-order valence-corrected chi connectivity index (χ0v) is 10.1. The van der Waals surface area contributed by atoms with Gasteiger partial charge in [0, 0.05) is 16.9 Å². The van der Waals surface area contributed by atoms with Gasteiger partial charge >= 0.3 is 12.1 Å². The Kier molecular flexibility index (Phi) is 4.20. The summed E-state index contributed by atoms with van der Waals surface area (Å²) >= 11 is 3.03. The molecule has 0 spiro atoms. The van der Waals surface area contributed by atoms with Crippen LogP contribution < -0.4 is 0 Å². The van der Waals surface area contributed by atoms with E-state index in [4.69, 9.17) is 0 Å². The van der Waals surface area contributed by atoms with Gasteiger partial charge in [-0.2, -0.15) is 22.0 Å². The first-order valence-electron chi connectivity index (χ1n) is 4.42. The number of carbonyl (C=O) groups is 1. The fourth-order valence-electron chi connectivity index (χ4n) is 0.936. The molecule has 0 amide bonds. The maximum atomic E-state index is 12.6. The lowest BCUT2D eigenvalue weighted by atomic mass is 10.1. The second kappa shape index (κ2) is 5.13. The first kappa shape index (κ1) is 14.7. The van der Waals surface area contributed by atoms with Crippen LogP contribution in [-0.2, 0) is 4.79 Å². The van der Waals surface area contributed by atoms with Crippen LogP contribution >= 0.6 is 15.9 Å². The van der Waals surface area contributed by atoms with Gasteiger partial charge in [0.2, 0.25) is 5.78 Å². The van der Waals surface area contributed by atoms with E-state index in [1.807, 2.05) is 0 Å². The van der Waals surface area contributed by atoms with Crippen LogP contribution in [0.4, 0.5) is 22.0 Å². The molecule has 98 valence electrons. The summed E-state index contributed by atoms with van der Waals surface area (Å²) < 4.78 is 61.2. The van der Waals surface area contributed by atoms with Gasteiger partial charge in [-0.1, -0.05) is 0 Å². The number of rotatable bonds is 3. The maximum Gasteiger partial charge on any atom is 0.461 e. The van der Waals surface area contributed by atoms with Crippen molar-refractivity contribution in [3.05, 3.63) is 34.6 Å². The molecule has 1 aromatic rings. The van der Waals surface area contributed by atoms with Gasteiger partial charge in [0.15, 0.2) is 0 Å². The third kappa shape index (κ3) is 3.34. The molecule has 0 N–H and O–H groups in total. The topological polar surface area (TPSA) is 30.0 Å². The number of allylic oxidation sites excluding steroid dienone is 1. The lowest BCUT2D eigenvalue weighted by molar-refractivity contribution is -0.266. The second-order valence-electron chi connectivity index (χ2n) is 3.21. The van der Waals surface area contributed by atoms with Crippen LogP contribution in [-0.4, -0.2) is 22.9 Å². The largest absolute Gasteiger partial charge is 0.461 e. The molecule has 18 heavy (non-hydrogen) atoms. The number of pyridine rings is 1. The van der Waals surface area contributed by atoms with Crippen LogP contribution in [0.15, 0.2) is 29.0 Å². The standard InChI is InChI=1S/C10H5BrF5NO/c11-7-3-6(4-17-5-7)1-2-8(18)9(12,13)10(14,15)16/h1-5H/b2-1+. The summed E-state index contributed by atoms with van der Waals surface area (Å²) in [5.41, 5.74) is 0.218. The Bertz CT molecular complexity index is 483. The number of nitrogens with zero attached hydrogens (tertiary/aromatic N) is 1. The maximum absolute atomic E-state index is 12.6. The highest BCUT2D eigenvalue weighted by Gasteiger charge is 2.62.